The molecule has 1 aliphatic carbocycles. The molecule has 8 unspecified atom stereocenters. The summed E-state index contributed by atoms with van der Waals surface area (Å²) < 4.78 is 81.6. The van der Waals surface area contributed by atoms with Gasteiger partial charge < -0.3 is 38.8 Å². The zero-order valence-corrected chi connectivity index (χ0v) is 46.5. The Morgan fingerprint density at radius 1 is 0.904 bits per heavy atom. The Morgan fingerprint density at radius 2 is 1.60 bits per heavy atom. The Kier molecular flexibility index (Phi) is 23.4. The van der Waals surface area contributed by atoms with E-state index in [2.05, 4.69) is 4.72 Å². The van der Waals surface area contributed by atoms with E-state index in [4.69, 9.17) is 23.7 Å². The van der Waals surface area contributed by atoms with Crippen molar-refractivity contribution in [1.29, 1.82) is 0 Å². The number of ether oxygens (including phenoxy) is 5. The first-order valence-corrected chi connectivity index (χ1v) is 29.5. The lowest BCUT2D eigenvalue weighted by Gasteiger charge is -2.42. The van der Waals surface area contributed by atoms with Gasteiger partial charge >= 0.3 is 5.97 Å². The summed E-state index contributed by atoms with van der Waals surface area (Å²) in [6.45, 7) is 11.8. The third kappa shape index (κ3) is 17.8. The molecule has 73 heavy (non-hydrogen) atoms. The number of carbonyl (C=O) groups is 5. The number of Topliss-reactive ketones (excluding diaryl/α,β-unsaturated/α-hetero) is 3. The van der Waals surface area contributed by atoms with E-state index in [0.29, 0.717) is 62.7 Å². The lowest BCUT2D eigenvalue weighted by Crippen LogP contribution is -2.59. The van der Waals surface area contributed by atoms with Gasteiger partial charge in [0.25, 0.3) is 11.7 Å². The Labute approximate surface area is 434 Å². The Balaban J connectivity index is 1.64. The molecule has 20 heteroatoms. The molecule has 0 aromatic heterocycles. The molecular formula is C53H84N2O16S2. The average molecular weight is 1070 g/mol. The lowest BCUT2D eigenvalue weighted by molar-refractivity contribution is -0.263. The van der Waals surface area contributed by atoms with Crippen LogP contribution in [0.5, 0.6) is 0 Å². The van der Waals surface area contributed by atoms with Crippen LogP contribution in [0.25, 0.3) is 0 Å². The summed E-state index contributed by atoms with van der Waals surface area (Å²) in [6.07, 6.45) is 10.8. The van der Waals surface area contributed by atoms with E-state index in [1.165, 1.54) is 21.1 Å². The molecule has 1 amide bonds. The standard InChI is InChI=1S/C53H84N2O16S2/c1-32-17-15-13-12-14-16-18-33(2)47(57)49(68-10)48(58)36(5)25-34(3)43(56)29-45(35(4)26-39-20-22-44(46(27-39)67-9)69-30-40-23-24-73(65,66)31-40)70-52(61)38(7)55(8)51(60)50(59)53(62)37(6)19-21-41(71-53)28-42(32)54-72(11,63)64/h12-15,17,25,33-35,37-42,44-46,48-49,54,58,62H,16,18-24,26-31H2,1-11H3/b14-12-,15-13-,32-17-,36-25-/t33?,34?,35-,37+,38?,39+,40?,41-,42?,44-,45?,46-,48?,49?,53+/m1/s1. The van der Waals surface area contributed by atoms with Gasteiger partial charge in [-0.1, -0.05) is 69.7 Å². The molecule has 1 saturated carbocycles. The molecule has 2 bridgehead atoms. The van der Waals surface area contributed by atoms with E-state index < -0.39 is 103 Å². The van der Waals surface area contributed by atoms with E-state index in [0.717, 1.165) is 17.6 Å². The van der Waals surface area contributed by atoms with Gasteiger partial charge in [0.05, 0.1) is 42.7 Å². The van der Waals surface area contributed by atoms with Gasteiger partial charge in [0.15, 0.2) is 15.6 Å². The van der Waals surface area contributed by atoms with Crippen molar-refractivity contribution in [2.45, 2.75) is 174 Å². The predicted molar refractivity (Wildman–Crippen MR) is 275 cm³/mol. The fourth-order valence-corrected chi connectivity index (χ4v) is 13.0. The van der Waals surface area contributed by atoms with Gasteiger partial charge in [-0.2, -0.15) is 0 Å². The number of hydrogen-bond donors (Lipinski definition) is 3. The van der Waals surface area contributed by atoms with Crippen LogP contribution in [-0.2, 0) is 67.5 Å². The molecule has 0 radical (unpaired) electrons. The van der Waals surface area contributed by atoms with Gasteiger partial charge in [-0.3, -0.25) is 19.2 Å². The normalized spacial score (nSPS) is 38.4. The number of fused-ring (bicyclic) bond motifs is 2. The molecule has 414 valence electrons. The Morgan fingerprint density at radius 3 is 2.23 bits per heavy atom. The van der Waals surface area contributed by atoms with Crippen LogP contribution < -0.4 is 4.72 Å². The summed E-state index contributed by atoms with van der Waals surface area (Å²) in [5.74, 6) is -9.01. The van der Waals surface area contributed by atoms with Crippen molar-refractivity contribution in [3.05, 3.63) is 47.6 Å². The van der Waals surface area contributed by atoms with E-state index >= 15 is 0 Å². The number of aliphatic hydroxyl groups excluding tert-OH is 1. The summed E-state index contributed by atoms with van der Waals surface area (Å²) in [4.78, 5) is 70.8. The van der Waals surface area contributed by atoms with Crippen molar-refractivity contribution in [3.8, 4) is 0 Å². The number of rotatable bonds is 10. The minimum atomic E-state index is -3.75. The first-order chi connectivity index (χ1) is 34.1. The largest absolute Gasteiger partial charge is 0.460 e. The van der Waals surface area contributed by atoms with Gasteiger partial charge in [-0.25, -0.2) is 26.4 Å². The Hall–Kier alpha value is -3.47. The number of nitrogens with zero attached hydrogens (tertiary/aromatic N) is 1. The Bertz CT molecular complexity index is 2280. The minimum absolute atomic E-state index is 0.0131. The molecule has 2 saturated heterocycles. The molecule has 3 aliphatic heterocycles. The van der Waals surface area contributed by atoms with Crippen molar-refractivity contribution >= 4 is 49.1 Å². The van der Waals surface area contributed by atoms with Crippen LogP contribution >= 0.6 is 0 Å². The number of allylic oxidation sites excluding steroid dienone is 6. The van der Waals surface area contributed by atoms with Crippen LogP contribution in [0.2, 0.25) is 0 Å². The fourth-order valence-electron chi connectivity index (χ4n) is 10.3. The summed E-state index contributed by atoms with van der Waals surface area (Å²) in [7, 11) is -2.64. The number of likely N-dealkylation sites (N-methyl/N-ethyl adjacent to an activating group) is 1. The van der Waals surface area contributed by atoms with Gasteiger partial charge in [0.1, 0.15) is 30.1 Å². The van der Waals surface area contributed by atoms with E-state index in [9.17, 15) is 51.0 Å². The number of esters is 1. The maximum absolute atomic E-state index is 14.2. The third-order valence-electron chi connectivity index (χ3n) is 15.4. The van der Waals surface area contributed by atoms with Gasteiger partial charge in [0, 0.05) is 51.5 Å². The van der Waals surface area contributed by atoms with Crippen molar-refractivity contribution < 1.29 is 74.7 Å². The topological polar surface area (TPSA) is 256 Å². The van der Waals surface area contributed by atoms with E-state index in [1.807, 2.05) is 13.0 Å². The van der Waals surface area contributed by atoms with Crippen LogP contribution in [-0.4, -0.2) is 161 Å². The maximum Gasteiger partial charge on any atom is 0.328 e. The molecule has 4 rings (SSSR count). The molecular weight excluding hydrogens is 985 g/mol. The number of nitrogens with one attached hydrogen (secondary N) is 1. The van der Waals surface area contributed by atoms with Crippen LogP contribution in [0, 0.1) is 35.5 Å². The summed E-state index contributed by atoms with van der Waals surface area (Å²) in [5.41, 5.74) is 0.937. The molecule has 0 aromatic carbocycles. The van der Waals surface area contributed by atoms with Crippen molar-refractivity contribution in [3.63, 3.8) is 0 Å². The van der Waals surface area contributed by atoms with Gasteiger partial charge in [-0.05, 0) is 108 Å². The number of amides is 1. The van der Waals surface area contributed by atoms with Crippen molar-refractivity contribution in [1.82, 2.24) is 9.62 Å². The monoisotopic (exact) mass is 1070 g/mol. The van der Waals surface area contributed by atoms with Crippen LogP contribution in [0.1, 0.15) is 119 Å². The lowest BCUT2D eigenvalue weighted by atomic mass is 9.78. The molecule has 15 atom stereocenters. The van der Waals surface area contributed by atoms with Gasteiger partial charge in [0.2, 0.25) is 15.8 Å². The highest BCUT2D eigenvalue weighted by Gasteiger charge is 2.52. The molecule has 0 aromatic rings. The summed E-state index contributed by atoms with van der Waals surface area (Å²) in [5, 5.41) is 23.3. The number of carbonyl (C=O) groups excluding carboxylic acids is 5. The second kappa shape index (κ2) is 27.5. The maximum atomic E-state index is 14.2. The van der Waals surface area contributed by atoms with Gasteiger partial charge in [-0.15, -0.1) is 0 Å². The number of ketones is 3. The first kappa shape index (κ1) is 62.1. The van der Waals surface area contributed by atoms with E-state index in [-0.39, 0.29) is 66.4 Å². The second-order valence-corrected chi connectivity index (χ2v) is 25.4. The molecule has 3 fully saturated rings. The molecule has 4 aliphatic rings. The van der Waals surface area contributed by atoms with Crippen LogP contribution in [0.3, 0.4) is 0 Å². The summed E-state index contributed by atoms with van der Waals surface area (Å²) >= 11 is 0. The smallest absolute Gasteiger partial charge is 0.328 e. The van der Waals surface area contributed by atoms with Crippen molar-refractivity contribution in [2.75, 3.05) is 45.6 Å². The first-order valence-electron chi connectivity index (χ1n) is 25.8. The second-order valence-electron chi connectivity index (χ2n) is 21.4. The minimum Gasteiger partial charge on any atom is -0.460 e. The number of sulfone groups is 1. The third-order valence-corrected chi connectivity index (χ3v) is 18.0. The average Bonchev–Trinajstić information content (AvgIpc) is 3.69. The SMILES string of the molecule is COC1C(=O)C(C)CC\C=C/C=C\C=C(\C)C(NS(C)(=O)=O)C[C@H]2CC[C@H](C)[C@](O)(O2)C(=O)C(=O)N(C)C(C)C(=O)OC([C@H](C)C[C@@H]2CC[C@@H](OCC3CCS(=O)(=O)C3)[C@H](OC)C2)CC(=O)C(C)/C=C(/C)C1O. The van der Waals surface area contributed by atoms with E-state index in [1.54, 1.807) is 72.1 Å². The van der Waals surface area contributed by atoms with Crippen LogP contribution in [0.4, 0.5) is 0 Å². The summed E-state index contributed by atoms with van der Waals surface area (Å²) in [6, 6.07) is -2.19. The molecule has 18 nitrogen and oxygen atoms in total. The fraction of sp³-hybridized carbons (Fsp3) is 0.755. The highest BCUT2D eigenvalue weighted by Crippen LogP contribution is 2.37. The zero-order chi connectivity index (χ0) is 54.6. The zero-order valence-electron chi connectivity index (χ0n) is 44.8. The number of methoxy groups -OCH3 is 2. The number of aliphatic hydroxyl groups is 2. The molecule has 3 heterocycles. The number of cyclic esters (lactones) is 1. The van der Waals surface area contributed by atoms with Crippen LogP contribution in [0.15, 0.2) is 47.6 Å². The molecule has 0 spiro atoms. The highest BCUT2D eigenvalue weighted by molar-refractivity contribution is 7.91. The highest BCUT2D eigenvalue weighted by atomic mass is 32.2. The number of sulfonamides is 1. The quantitative estimate of drug-likeness (QED) is 0.151. The number of hydrogen-bond acceptors (Lipinski definition) is 16. The molecule has 3 N–H and O–H groups in total. The van der Waals surface area contributed by atoms with Crippen molar-refractivity contribution in [2.24, 2.45) is 35.5 Å². The predicted octanol–water partition coefficient (Wildman–Crippen LogP) is 4.76.